The van der Waals surface area contributed by atoms with Crippen LogP contribution in [0.15, 0.2) is 48.0 Å². The molecule has 6 nitrogen and oxygen atoms in total. The second kappa shape index (κ2) is 8.36. The first-order valence-electron chi connectivity index (χ1n) is 8.61. The third-order valence-corrected chi connectivity index (χ3v) is 5.63. The highest BCUT2D eigenvalue weighted by molar-refractivity contribution is 7.22. The number of carbonyl (C=O) groups is 1. The third kappa shape index (κ3) is 5.10. The van der Waals surface area contributed by atoms with Crippen LogP contribution in [0, 0.1) is 0 Å². The average Bonchev–Trinajstić information content (AvgIpc) is 3.32. The van der Waals surface area contributed by atoms with Crippen LogP contribution in [0.1, 0.15) is 5.69 Å². The average molecular weight is 450 g/mol. The number of halogens is 3. The Morgan fingerprint density at radius 1 is 1.17 bits per heavy atom. The SMILES string of the molecule is O=C(Cc1csc(-c2ccccn2)n1)Nc1nc2ccc(OCC(F)(F)F)cc2s1. The molecular formula is C19H13F3N4O2S2. The van der Waals surface area contributed by atoms with E-state index in [1.165, 1.54) is 23.5 Å². The number of hydrogen-bond donors (Lipinski definition) is 1. The first-order chi connectivity index (χ1) is 14.4. The molecule has 0 saturated heterocycles. The van der Waals surface area contributed by atoms with Gasteiger partial charge in [0.25, 0.3) is 0 Å². The van der Waals surface area contributed by atoms with E-state index >= 15 is 0 Å². The highest BCUT2D eigenvalue weighted by Gasteiger charge is 2.28. The van der Waals surface area contributed by atoms with Crippen LogP contribution in [-0.2, 0) is 11.2 Å². The lowest BCUT2D eigenvalue weighted by atomic mass is 10.3. The van der Waals surface area contributed by atoms with Crippen LogP contribution in [0.2, 0.25) is 0 Å². The number of carbonyl (C=O) groups excluding carboxylic acids is 1. The highest BCUT2D eigenvalue weighted by atomic mass is 32.1. The van der Waals surface area contributed by atoms with Crippen molar-refractivity contribution in [3.05, 3.63) is 53.7 Å². The van der Waals surface area contributed by atoms with Crippen LogP contribution in [-0.4, -0.2) is 33.6 Å². The minimum atomic E-state index is -4.41. The first kappa shape index (κ1) is 20.2. The predicted octanol–water partition coefficient (Wildman–Crippen LogP) is 4.94. The largest absolute Gasteiger partial charge is 0.484 e. The Bertz CT molecular complexity index is 1180. The van der Waals surface area contributed by atoms with E-state index in [0.717, 1.165) is 22.0 Å². The lowest BCUT2D eigenvalue weighted by molar-refractivity contribution is -0.153. The lowest BCUT2D eigenvalue weighted by Crippen LogP contribution is -2.19. The summed E-state index contributed by atoms with van der Waals surface area (Å²) >= 11 is 2.56. The number of pyridine rings is 1. The number of anilines is 1. The predicted molar refractivity (Wildman–Crippen MR) is 109 cm³/mol. The fourth-order valence-electron chi connectivity index (χ4n) is 2.54. The molecule has 30 heavy (non-hydrogen) atoms. The van der Waals surface area contributed by atoms with Crippen molar-refractivity contribution in [2.24, 2.45) is 0 Å². The summed E-state index contributed by atoms with van der Waals surface area (Å²) in [5, 5.41) is 5.58. The van der Waals surface area contributed by atoms with E-state index in [-0.39, 0.29) is 18.1 Å². The quantitative estimate of drug-likeness (QED) is 0.450. The molecule has 0 atom stereocenters. The van der Waals surface area contributed by atoms with Gasteiger partial charge in [-0.25, -0.2) is 9.97 Å². The lowest BCUT2D eigenvalue weighted by Gasteiger charge is -2.08. The summed E-state index contributed by atoms with van der Waals surface area (Å²) in [4.78, 5) is 25.3. The summed E-state index contributed by atoms with van der Waals surface area (Å²) in [5.74, 6) is -0.202. The van der Waals surface area contributed by atoms with E-state index in [1.807, 2.05) is 18.2 Å². The molecule has 1 amide bonds. The molecule has 0 fully saturated rings. The van der Waals surface area contributed by atoms with Crippen LogP contribution in [0.3, 0.4) is 0 Å². The molecule has 0 bridgehead atoms. The van der Waals surface area contributed by atoms with E-state index in [9.17, 15) is 18.0 Å². The number of hydrogen-bond acceptors (Lipinski definition) is 7. The molecule has 0 spiro atoms. The fourth-order valence-corrected chi connectivity index (χ4v) is 4.24. The van der Waals surface area contributed by atoms with Crippen molar-refractivity contribution in [1.82, 2.24) is 15.0 Å². The molecule has 154 valence electrons. The number of thiazole rings is 2. The summed E-state index contributed by atoms with van der Waals surface area (Å²) in [6.07, 6.45) is -2.66. The maximum Gasteiger partial charge on any atom is 0.422 e. The molecular weight excluding hydrogens is 437 g/mol. The summed E-state index contributed by atoms with van der Waals surface area (Å²) < 4.78 is 42.2. The molecule has 0 unspecified atom stereocenters. The number of rotatable bonds is 6. The van der Waals surface area contributed by atoms with E-state index < -0.39 is 12.8 Å². The zero-order valence-corrected chi connectivity index (χ0v) is 16.8. The highest BCUT2D eigenvalue weighted by Crippen LogP contribution is 2.30. The monoisotopic (exact) mass is 450 g/mol. The summed E-state index contributed by atoms with van der Waals surface area (Å²) in [6, 6.07) is 9.95. The van der Waals surface area contributed by atoms with Gasteiger partial charge in [0.2, 0.25) is 5.91 Å². The van der Waals surface area contributed by atoms with Crippen LogP contribution < -0.4 is 10.1 Å². The number of ether oxygens (including phenoxy) is 1. The van der Waals surface area contributed by atoms with Crippen molar-refractivity contribution in [2.45, 2.75) is 12.6 Å². The topological polar surface area (TPSA) is 77.0 Å². The molecule has 1 aromatic carbocycles. The van der Waals surface area contributed by atoms with Gasteiger partial charge in [-0.05, 0) is 30.3 Å². The molecule has 4 rings (SSSR count). The van der Waals surface area contributed by atoms with Crippen molar-refractivity contribution >= 4 is 43.9 Å². The van der Waals surface area contributed by atoms with Crippen molar-refractivity contribution in [3.8, 4) is 16.5 Å². The molecule has 3 aromatic heterocycles. The van der Waals surface area contributed by atoms with E-state index in [0.29, 0.717) is 21.0 Å². The van der Waals surface area contributed by atoms with Gasteiger partial charge in [-0.1, -0.05) is 17.4 Å². The Labute approximate surface area is 176 Å². The molecule has 3 heterocycles. The van der Waals surface area contributed by atoms with E-state index in [2.05, 4.69) is 20.3 Å². The van der Waals surface area contributed by atoms with Crippen LogP contribution in [0.5, 0.6) is 5.75 Å². The van der Waals surface area contributed by atoms with Gasteiger partial charge < -0.3 is 10.1 Å². The first-order valence-corrected chi connectivity index (χ1v) is 10.3. The maximum atomic E-state index is 12.3. The Morgan fingerprint density at radius 3 is 2.80 bits per heavy atom. The van der Waals surface area contributed by atoms with Crippen LogP contribution in [0.4, 0.5) is 18.3 Å². The summed E-state index contributed by atoms with van der Waals surface area (Å²) in [6.45, 7) is -1.37. The Balaban J connectivity index is 1.40. The Kier molecular flexibility index (Phi) is 5.64. The zero-order chi connectivity index (χ0) is 21.1. The molecule has 0 aliphatic heterocycles. The van der Waals surface area contributed by atoms with Crippen LogP contribution >= 0.6 is 22.7 Å². The van der Waals surface area contributed by atoms with Gasteiger partial charge in [0.05, 0.1) is 28.0 Å². The van der Waals surface area contributed by atoms with Gasteiger partial charge in [-0.2, -0.15) is 13.2 Å². The van der Waals surface area contributed by atoms with Gasteiger partial charge in [0, 0.05) is 11.6 Å². The number of nitrogens with zero attached hydrogens (tertiary/aromatic N) is 3. The number of aromatic nitrogens is 3. The number of amides is 1. The van der Waals surface area contributed by atoms with Gasteiger partial charge in [-0.3, -0.25) is 9.78 Å². The van der Waals surface area contributed by atoms with Crippen molar-refractivity contribution in [1.29, 1.82) is 0 Å². The summed E-state index contributed by atoms with van der Waals surface area (Å²) in [5.41, 5.74) is 1.91. The molecule has 1 N–H and O–H groups in total. The number of benzene rings is 1. The van der Waals surface area contributed by atoms with Gasteiger partial charge >= 0.3 is 6.18 Å². The van der Waals surface area contributed by atoms with Gasteiger partial charge in [0.15, 0.2) is 11.7 Å². The molecule has 11 heteroatoms. The molecule has 0 aliphatic rings. The second-order valence-corrected chi connectivity index (χ2v) is 8.03. The molecule has 0 radical (unpaired) electrons. The minimum Gasteiger partial charge on any atom is -0.484 e. The fraction of sp³-hybridized carbons (Fsp3) is 0.158. The van der Waals surface area contributed by atoms with Gasteiger partial charge in [-0.15, -0.1) is 11.3 Å². The second-order valence-electron chi connectivity index (χ2n) is 6.14. The summed E-state index contributed by atoms with van der Waals surface area (Å²) in [7, 11) is 0. The maximum absolute atomic E-state index is 12.3. The minimum absolute atomic E-state index is 0.0687. The van der Waals surface area contributed by atoms with Crippen LogP contribution in [0.25, 0.3) is 20.9 Å². The normalized spacial score (nSPS) is 11.6. The van der Waals surface area contributed by atoms with Gasteiger partial charge in [0.1, 0.15) is 10.8 Å². The Morgan fingerprint density at radius 2 is 2.03 bits per heavy atom. The molecule has 4 aromatic rings. The number of alkyl halides is 3. The van der Waals surface area contributed by atoms with E-state index in [1.54, 1.807) is 17.6 Å². The molecule has 0 aliphatic carbocycles. The zero-order valence-electron chi connectivity index (χ0n) is 15.1. The Hall–Kier alpha value is -3.05. The van der Waals surface area contributed by atoms with Crippen molar-refractivity contribution < 1.29 is 22.7 Å². The van der Waals surface area contributed by atoms with Crippen molar-refractivity contribution in [3.63, 3.8) is 0 Å². The van der Waals surface area contributed by atoms with E-state index in [4.69, 9.17) is 4.74 Å². The third-order valence-electron chi connectivity index (χ3n) is 3.79. The number of fused-ring (bicyclic) bond motifs is 1. The number of nitrogens with one attached hydrogen (secondary N) is 1. The standard InChI is InChI=1S/C19H13F3N4O2S2/c20-19(21,22)10-28-12-4-5-13-15(8-12)30-18(25-13)26-16(27)7-11-9-29-17(24-11)14-3-1-2-6-23-14/h1-6,8-9H,7,10H2,(H,25,26,27). The molecule has 0 saturated carbocycles. The van der Waals surface area contributed by atoms with Crippen molar-refractivity contribution in [2.75, 3.05) is 11.9 Å². The smallest absolute Gasteiger partial charge is 0.422 e.